The van der Waals surface area contributed by atoms with Crippen molar-refractivity contribution in [1.82, 2.24) is 79.0 Å². The summed E-state index contributed by atoms with van der Waals surface area (Å²) in [5, 5.41) is 35.5. The van der Waals surface area contributed by atoms with E-state index in [9.17, 15) is 24.0 Å². The van der Waals surface area contributed by atoms with Crippen molar-refractivity contribution in [3.05, 3.63) is 255 Å². The molecule has 11 aromatic rings. The Morgan fingerprint density at radius 1 is 0.393 bits per heavy atom. The molecule has 0 radical (unpaired) electrons. The molecule has 0 fully saturated rings. The Morgan fingerprint density at radius 3 is 1.16 bits per heavy atom. The molecule has 11 heterocycles. The van der Waals surface area contributed by atoms with Crippen LogP contribution in [-0.2, 0) is 108 Å². The molecule has 0 saturated heterocycles. The Balaban J connectivity index is 0.000000134. The average Bonchev–Trinajstić information content (AvgIpc) is 1.66. The van der Waals surface area contributed by atoms with Crippen LogP contribution in [-0.4, -0.2) is 136 Å². The van der Waals surface area contributed by atoms with E-state index in [0.717, 1.165) is 137 Å². The summed E-state index contributed by atoms with van der Waals surface area (Å²) in [5.41, 5.74) is 20.9. The molecule has 4 aliphatic rings. The fourth-order valence-electron chi connectivity index (χ4n) is 13.8. The van der Waals surface area contributed by atoms with E-state index in [1.54, 1.807) is 56.7 Å². The molecule has 0 unspecified atom stereocenters. The summed E-state index contributed by atoms with van der Waals surface area (Å²) in [7, 11) is 1.61. The SMILES string of the molecule is CC(=O)N1CCc2c(c(Nc3cccc(C)c3)nn2CCc2ccncc2)C1.CC(=O)N1CCc2c(c(Nc3cccc(C)c3)nn2Cc2ccccn2)C1.CC(=O)N1CCc2c(c(Nc3cccc(C)c3)nn2Cc2cccnc2)C1.CNC(=O)Cn1nc(Nc2cccc(C)c2)c2c1CCN(C(C)=O)C2. The van der Waals surface area contributed by atoms with Gasteiger partial charge in [-0.3, -0.25) is 57.7 Å². The number of hydrogen-bond donors (Lipinski definition) is 5. The van der Waals surface area contributed by atoms with Gasteiger partial charge in [0.25, 0.3) is 0 Å². The molecule has 7 aromatic heterocycles. The minimum absolute atomic E-state index is 0.0474. The molecular formula is C82H94N20O5. The zero-order valence-electron chi connectivity index (χ0n) is 62.4. The zero-order chi connectivity index (χ0) is 75.1. The van der Waals surface area contributed by atoms with Gasteiger partial charge in [-0.25, -0.2) is 0 Å². The molecule has 0 aliphatic carbocycles. The van der Waals surface area contributed by atoms with Crippen molar-refractivity contribution in [3.63, 3.8) is 0 Å². The number of fused-ring (bicyclic) bond motifs is 4. The molecule has 15 rings (SSSR count). The lowest BCUT2D eigenvalue weighted by Gasteiger charge is -2.26. The lowest BCUT2D eigenvalue weighted by atomic mass is 10.1. The first-order valence-corrected chi connectivity index (χ1v) is 36.4. The summed E-state index contributed by atoms with van der Waals surface area (Å²) in [6.07, 6.45) is 13.1. The summed E-state index contributed by atoms with van der Waals surface area (Å²) in [5.74, 6) is 3.45. The first-order chi connectivity index (χ1) is 51.8. The second kappa shape index (κ2) is 34.5. The van der Waals surface area contributed by atoms with Gasteiger partial charge >= 0.3 is 0 Å². The van der Waals surface area contributed by atoms with E-state index in [1.807, 2.05) is 147 Å². The van der Waals surface area contributed by atoms with Crippen LogP contribution in [0, 0.1) is 27.7 Å². The third kappa shape index (κ3) is 19.2. The van der Waals surface area contributed by atoms with E-state index in [2.05, 4.69) is 115 Å². The molecule has 107 heavy (non-hydrogen) atoms. The van der Waals surface area contributed by atoms with Crippen LogP contribution in [0.1, 0.15) is 112 Å². The maximum absolute atomic E-state index is 11.9. The molecule has 25 nitrogen and oxygen atoms in total. The Bertz CT molecular complexity index is 4790. The molecule has 552 valence electrons. The number of anilines is 8. The normalized spacial score (nSPS) is 13.3. The number of aryl methyl sites for hydroxylation is 6. The molecule has 0 bridgehead atoms. The first kappa shape index (κ1) is 74.4. The summed E-state index contributed by atoms with van der Waals surface area (Å²) >= 11 is 0. The molecule has 4 aromatic carbocycles. The molecule has 0 saturated carbocycles. The van der Waals surface area contributed by atoms with E-state index < -0.39 is 0 Å². The monoisotopic (exact) mass is 1440 g/mol. The highest BCUT2D eigenvalue weighted by Crippen LogP contribution is 2.34. The number of carbonyl (C=O) groups is 5. The highest BCUT2D eigenvalue weighted by Gasteiger charge is 2.31. The van der Waals surface area contributed by atoms with Crippen LogP contribution in [0.15, 0.2) is 171 Å². The van der Waals surface area contributed by atoms with Crippen molar-refractivity contribution in [2.24, 2.45) is 0 Å². The smallest absolute Gasteiger partial charge is 0.241 e. The van der Waals surface area contributed by atoms with Crippen molar-refractivity contribution in [2.45, 2.75) is 140 Å². The van der Waals surface area contributed by atoms with Crippen LogP contribution < -0.4 is 26.6 Å². The molecule has 5 amide bonds. The highest BCUT2D eigenvalue weighted by atomic mass is 16.2. The van der Waals surface area contributed by atoms with Crippen molar-refractivity contribution in [1.29, 1.82) is 0 Å². The van der Waals surface area contributed by atoms with E-state index in [1.165, 1.54) is 39.3 Å². The number of pyridine rings is 3. The standard InChI is InChI=1S/C22H25N5O.2C21H23N5O.C18H23N5O2/c1-16-4-3-5-19(14-16)24-22-20-15-26(17(2)28)12-9-21(20)27(25-22)13-8-18-6-10-23-11-7-18;1-15-5-3-7-18(11-15)23-21-19-14-25(16(2)27)10-8-20(19)26(24-21)13-17-6-4-9-22-12-17;1-15-6-5-8-17(12-15)23-21-19-14-25(16(2)27)11-9-20(19)26(24-21)13-18-7-3-4-10-22-18;1-12-5-4-6-14(9-12)20-18-15-10-22(13(2)24)8-7-16(15)23(21-18)11-17(25)19-3/h3-7,10-11,14H,8-9,12-13,15H2,1-2H3,(H,24,25);3-7,9,11-12H,8,10,13-14H2,1-2H3,(H,23,24);3-8,10,12H,9,11,13-14H2,1-2H3,(H,23,24);4-6,9H,7-8,10-11H2,1-3H3,(H,19,25)(H,20,21). The van der Waals surface area contributed by atoms with E-state index in [4.69, 9.17) is 15.3 Å². The predicted octanol–water partition coefficient (Wildman–Crippen LogP) is 11.6. The van der Waals surface area contributed by atoms with Gasteiger partial charge in [0, 0.05) is 192 Å². The van der Waals surface area contributed by atoms with Gasteiger partial charge in [-0.05, 0) is 146 Å². The molecule has 0 spiro atoms. The predicted molar refractivity (Wildman–Crippen MR) is 415 cm³/mol. The van der Waals surface area contributed by atoms with E-state index in [-0.39, 0.29) is 36.1 Å². The first-order valence-electron chi connectivity index (χ1n) is 36.4. The fraction of sp³-hybridized carbons (Fsp3) is 0.317. The number of hydrogen-bond acceptors (Lipinski definition) is 16. The third-order valence-electron chi connectivity index (χ3n) is 19.5. The van der Waals surface area contributed by atoms with Crippen molar-refractivity contribution in [3.8, 4) is 0 Å². The number of benzene rings is 4. The number of rotatable bonds is 17. The summed E-state index contributed by atoms with van der Waals surface area (Å²) in [4.78, 5) is 79.4. The quantitative estimate of drug-likeness (QED) is 0.0567. The number of nitrogens with one attached hydrogen (secondary N) is 5. The van der Waals surface area contributed by atoms with Gasteiger partial charge in [-0.15, -0.1) is 0 Å². The number of aromatic nitrogens is 11. The maximum atomic E-state index is 11.9. The third-order valence-corrected chi connectivity index (χ3v) is 19.5. The van der Waals surface area contributed by atoms with Crippen LogP contribution in [0.4, 0.5) is 46.0 Å². The average molecular weight is 1440 g/mol. The minimum atomic E-state index is -0.0959. The molecule has 5 N–H and O–H groups in total. The van der Waals surface area contributed by atoms with Crippen molar-refractivity contribution in [2.75, 3.05) is 54.5 Å². The van der Waals surface area contributed by atoms with Gasteiger partial charge in [0.05, 0.1) is 45.0 Å². The fourth-order valence-corrected chi connectivity index (χ4v) is 13.8. The Hall–Kier alpha value is -12.3. The van der Waals surface area contributed by atoms with Gasteiger partial charge in [0.1, 0.15) is 6.54 Å². The Labute approximate surface area is 624 Å². The van der Waals surface area contributed by atoms with Crippen molar-refractivity contribution < 1.29 is 24.0 Å². The van der Waals surface area contributed by atoms with Crippen LogP contribution >= 0.6 is 0 Å². The number of nitrogens with zero attached hydrogens (tertiary/aromatic N) is 15. The van der Waals surface area contributed by atoms with Gasteiger partial charge in [0.15, 0.2) is 23.3 Å². The molecule has 25 heteroatoms. The number of carbonyl (C=O) groups excluding carboxylic acids is 5. The van der Waals surface area contributed by atoms with E-state index in [0.29, 0.717) is 58.1 Å². The Morgan fingerprint density at radius 2 is 0.785 bits per heavy atom. The number of amides is 5. The molecule has 4 aliphatic heterocycles. The molecule has 0 atom stereocenters. The van der Waals surface area contributed by atoms with Crippen molar-refractivity contribution >= 4 is 75.6 Å². The van der Waals surface area contributed by atoms with Gasteiger partial charge in [-0.1, -0.05) is 60.7 Å². The highest BCUT2D eigenvalue weighted by molar-refractivity contribution is 5.78. The number of likely N-dealkylation sites (N-methyl/N-ethyl adjacent to an activating group) is 1. The largest absolute Gasteiger partial charge is 0.358 e. The second-order valence-electron chi connectivity index (χ2n) is 27.5. The van der Waals surface area contributed by atoms with Gasteiger partial charge in [-0.2, -0.15) is 20.4 Å². The maximum Gasteiger partial charge on any atom is 0.241 e. The summed E-state index contributed by atoms with van der Waals surface area (Å²) in [6, 6.07) is 46.7. The van der Waals surface area contributed by atoms with Crippen LogP contribution in [0.5, 0.6) is 0 Å². The Kier molecular flexibility index (Phi) is 24.0. The van der Waals surface area contributed by atoms with Crippen LogP contribution in [0.2, 0.25) is 0 Å². The lowest BCUT2D eigenvalue weighted by molar-refractivity contribution is -0.130. The van der Waals surface area contributed by atoms with Gasteiger partial charge < -0.3 is 46.2 Å². The molecular weight excluding hydrogens is 1350 g/mol. The van der Waals surface area contributed by atoms with E-state index >= 15 is 0 Å². The second-order valence-corrected chi connectivity index (χ2v) is 27.5. The lowest BCUT2D eigenvalue weighted by Crippen LogP contribution is -2.35. The van der Waals surface area contributed by atoms with Crippen LogP contribution in [0.3, 0.4) is 0 Å². The van der Waals surface area contributed by atoms with Crippen LogP contribution in [0.25, 0.3) is 0 Å². The minimum Gasteiger partial charge on any atom is -0.358 e. The van der Waals surface area contributed by atoms with Gasteiger partial charge in [0.2, 0.25) is 29.5 Å². The zero-order valence-corrected chi connectivity index (χ0v) is 62.4. The summed E-state index contributed by atoms with van der Waals surface area (Å²) < 4.78 is 7.91. The summed E-state index contributed by atoms with van der Waals surface area (Å²) in [6.45, 7) is 22.1. The topological polar surface area (TPSA) is 268 Å².